The molecule has 0 fully saturated rings. The van der Waals surface area contributed by atoms with E-state index in [2.05, 4.69) is 20.8 Å². The van der Waals surface area contributed by atoms with Crippen LogP contribution in [0.15, 0.2) is 23.0 Å². The number of carbonyl (C=O) groups excluding carboxylic acids is 1. The fourth-order valence-electron chi connectivity index (χ4n) is 2.61. The van der Waals surface area contributed by atoms with Crippen LogP contribution in [0.3, 0.4) is 0 Å². The molecule has 3 N–H and O–H groups in total. The standard InChI is InChI=1S/C16H17ClN4O2/c1-2-13(22)19-12-8-9(5-6-11(12)17)14-15-10(4-3-7-18-15)16(23)21-20-14/h5-6,8,18H,2-4,7H2,1H3,(H,19,22)(H,21,23). The molecule has 23 heavy (non-hydrogen) atoms. The molecule has 0 saturated heterocycles. The highest BCUT2D eigenvalue weighted by Crippen LogP contribution is 2.33. The summed E-state index contributed by atoms with van der Waals surface area (Å²) in [7, 11) is 0. The number of benzene rings is 1. The zero-order valence-corrected chi connectivity index (χ0v) is 13.5. The van der Waals surface area contributed by atoms with Crippen molar-refractivity contribution in [1.29, 1.82) is 0 Å². The Labute approximate surface area is 138 Å². The van der Waals surface area contributed by atoms with Gasteiger partial charge in [0.25, 0.3) is 5.56 Å². The summed E-state index contributed by atoms with van der Waals surface area (Å²) in [4.78, 5) is 23.5. The molecule has 1 amide bonds. The van der Waals surface area contributed by atoms with Crippen molar-refractivity contribution < 1.29 is 4.79 Å². The number of fused-ring (bicyclic) bond motifs is 1. The number of amides is 1. The van der Waals surface area contributed by atoms with Gasteiger partial charge in [0.15, 0.2) is 0 Å². The number of aromatic amines is 1. The molecule has 0 spiro atoms. The highest BCUT2D eigenvalue weighted by Gasteiger charge is 2.19. The maximum atomic E-state index is 11.9. The lowest BCUT2D eigenvalue weighted by Gasteiger charge is -2.19. The molecule has 0 saturated carbocycles. The summed E-state index contributed by atoms with van der Waals surface area (Å²) in [6.45, 7) is 2.58. The van der Waals surface area contributed by atoms with Crippen molar-refractivity contribution in [2.75, 3.05) is 17.2 Å². The lowest BCUT2D eigenvalue weighted by molar-refractivity contribution is -0.115. The molecule has 6 nitrogen and oxygen atoms in total. The Balaban J connectivity index is 2.07. The Hall–Kier alpha value is -2.34. The molecule has 0 unspecified atom stereocenters. The highest BCUT2D eigenvalue weighted by atomic mass is 35.5. The molecular weight excluding hydrogens is 316 g/mol. The molecule has 0 bridgehead atoms. The van der Waals surface area contributed by atoms with Gasteiger partial charge in [-0.1, -0.05) is 24.6 Å². The Bertz CT molecular complexity index is 816. The van der Waals surface area contributed by atoms with E-state index >= 15 is 0 Å². The van der Waals surface area contributed by atoms with Gasteiger partial charge in [0.05, 0.1) is 16.4 Å². The number of rotatable bonds is 3. The van der Waals surface area contributed by atoms with E-state index in [-0.39, 0.29) is 11.5 Å². The lowest BCUT2D eigenvalue weighted by Crippen LogP contribution is -2.24. The predicted molar refractivity (Wildman–Crippen MR) is 91.0 cm³/mol. The summed E-state index contributed by atoms with van der Waals surface area (Å²) in [5.41, 5.74) is 3.29. The Kier molecular flexibility index (Phi) is 4.34. The van der Waals surface area contributed by atoms with Crippen LogP contribution in [0.1, 0.15) is 25.3 Å². The average molecular weight is 333 g/mol. The first-order valence-corrected chi connectivity index (χ1v) is 7.93. The molecule has 1 aromatic carbocycles. The van der Waals surface area contributed by atoms with E-state index in [9.17, 15) is 9.59 Å². The molecule has 0 atom stereocenters. The smallest absolute Gasteiger partial charge is 0.269 e. The molecule has 0 aliphatic carbocycles. The Morgan fingerprint density at radius 3 is 3.04 bits per heavy atom. The van der Waals surface area contributed by atoms with E-state index in [0.29, 0.717) is 22.8 Å². The number of nitrogens with one attached hydrogen (secondary N) is 3. The summed E-state index contributed by atoms with van der Waals surface area (Å²) >= 11 is 6.14. The van der Waals surface area contributed by atoms with Crippen molar-refractivity contribution in [3.8, 4) is 11.3 Å². The van der Waals surface area contributed by atoms with Gasteiger partial charge in [-0.05, 0) is 25.0 Å². The van der Waals surface area contributed by atoms with E-state index in [1.807, 2.05) is 6.07 Å². The summed E-state index contributed by atoms with van der Waals surface area (Å²) in [6, 6.07) is 5.30. The molecule has 1 aliphatic rings. The topological polar surface area (TPSA) is 86.9 Å². The monoisotopic (exact) mass is 332 g/mol. The number of halogens is 1. The third kappa shape index (κ3) is 3.07. The van der Waals surface area contributed by atoms with Crippen LogP contribution in [0.5, 0.6) is 0 Å². The number of nitrogens with zero attached hydrogens (tertiary/aromatic N) is 1. The Morgan fingerprint density at radius 1 is 1.43 bits per heavy atom. The molecule has 2 aromatic rings. The number of aromatic nitrogens is 2. The second-order valence-corrected chi connectivity index (χ2v) is 5.79. The van der Waals surface area contributed by atoms with Crippen molar-refractivity contribution >= 4 is 28.9 Å². The van der Waals surface area contributed by atoms with Crippen molar-refractivity contribution in [2.45, 2.75) is 26.2 Å². The third-order valence-electron chi connectivity index (χ3n) is 3.82. The quantitative estimate of drug-likeness (QED) is 0.806. The second kappa shape index (κ2) is 6.42. The van der Waals surface area contributed by atoms with Crippen LogP contribution < -0.4 is 16.2 Å². The lowest BCUT2D eigenvalue weighted by atomic mass is 10.0. The number of anilines is 2. The Morgan fingerprint density at radius 2 is 2.26 bits per heavy atom. The van der Waals surface area contributed by atoms with E-state index in [1.54, 1.807) is 19.1 Å². The molecule has 120 valence electrons. The minimum absolute atomic E-state index is 0.112. The molecule has 0 radical (unpaired) electrons. The normalized spacial score (nSPS) is 13.1. The predicted octanol–water partition coefficient (Wildman–Crippen LogP) is 2.80. The van der Waals surface area contributed by atoms with E-state index < -0.39 is 0 Å². The minimum Gasteiger partial charge on any atom is -0.383 e. The van der Waals surface area contributed by atoms with Crippen LogP contribution in [0.25, 0.3) is 11.3 Å². The van der Waals surface area contributed by atoms with Gasteiger partial charge < -0.3 is 10.6 Å². The van der Waals surface area contributed by atoms with E-state index in [1.165, 1.54) is 0 Å². The van der Waals surface area contributed by atoms with Crippen LogP contribution in [0, 0.1) is 0 Å². The van der Waals surface area contributed by atoms with Gasteiger partial charge in [-0.2, -0.15) is 5.10 Å². The second-order valence-electron chi connectivity index (χ2n) is 5.38. The first-order chi connectivity index (χ1) is 11.1. The summed E-state index contributed by atoms with van der Waals surface area (Å²) in [6.07, 6.45) is 2.01. The maximum absolute atomic E-state index is 11.9. The van der Waals surface area contributed by atoms with Gasteiger partial charge in [-0.3, -0.25) is 9.59 Å². The van der Waals surface area contributed by atoms with Crippen LogP contribution in [-0.2, 0) is 11.2 Å². The number of hydrogen-bond donors (Lipinski definition) is 3. The van der Waals surface area contributed by atoms with Crippen LogP contribution in [0.4, 0.5) is 11.4 Å². The molecule has 7 heteroatoms. The molecule has 1 aliphatic heterocycles. The number of H-pyrrole nitrogens is 1. The van der Waals surface area contributed by atoms with Gasteiger partial charge in [-0.25, -0.2) is 5.10 Å². The van der Waals surface area contributed by atoms with E-state index in [0.717, 1.165) is 36.2 Å². The molecule has 2 heterocycles. The molecular formula is C16H17ClN4O2. The summed E-state index contributed by atoms with van der Waals surface area (Å²) in [5, 5.41) is 13.2. The van der Waals surface area contributed by atoms with Crippen LogP contribution in [-0.4, -0.2) is 22.6 Å². The largest absolute Gasteiger partial charge is 0.383 e. The van der Waals surface area contributed by atoms with Gasteiger partial charge >= 0.3 is 0 Å². The number of carbonyl (C=O) groups is 1. The fourth-order valence-corrected chi connectivity index (χ4v) is 2.77. The summed E-state index contributed by atoms with van der Waals surface area (Å²) < 4.78 is 0. The maximum Gasteiger partial charge on any atom is 0.269 e. The van der Waals surface area contributed by atoms with Gasteiger partial charge in [0.1, 0.15) is 5.69 Å². The SMILES string of the molecule is CCC(=O)Nc1cc(-c2n[nH]c(=O)c3c2NCCC3)ccc1Cl. The zero-order chi connectivity index (χ0) is 16.4. The fraction of sp³-hybridized carbons (Fsp3) is 0.312. The average Bonchev–Trinajstić information content (AvgIpc) is 2.57. The van der Waals surface area contributed by atoms with Crippen LogP contribution >= 0.6 is 11.6 Å². The van der Waals surface area contributed by atoms with Crippen molar-refractivity contribution in [3.05, 3.63) is 39.1 Å². The van der Waals surface area contributed by atoms with Gasteiger partial charge in [0, 0.05) is 24.1 Å². The first kappa shape index (κ1) is 15.6. The first-order valence-electron chi connectivity index (χ1n) is 7.55. The number of hydrogen-bond acceptors (Lipinski definition) is 4. The molecule has 3 rings (SSSR count). The van der Waals surface area contributed by atoms with E-state index in [4.69, 9.17) is 11.6 Å². The third-order valence-corrected chi connectivity index (χ3v) is 4.15. The summed E-state index contributed by atoms with van der Waals surface area (Å²) in [5.74, 6) is -0.112. The minimum atomic E-state index is -0.163. The molecule has 1 aromatic heterocycles. The van der Waals surface area contributed by atoms with Crippen molar-refractivity contribution in [2.24, 2.45) is 0 Å². The van der Waals surface area contributed by atoms with Crippen molar-refractivity contribution in [3.63, 3.8) is 0 Å². The highest BCUT2D eigenvalue weighted by molar-refractivity contribution is 6.33. The van der Waals surface area contributed by atoms with Crippen molar-refractivity contribution in [1.82, 2.24) is 10.2 Å². The van der Waals surface area contributed by atoms with Crippen LogP contribution in [0.2, 0.25) is 5.02 Å². The van der Waals surface area contributed by atoms with Gasteiger partial charge in [-0.15, -0.1) is 0 Å². The van der Waals surface area contributed by atoms with Gasteiger partial charge in [0.2, 0.25) is 5.91 Å². The zero-order valence-electron chi connectivity index (χ0n) is 12.7.